The first-order valence-electron chi connectivity index (χ1n) is 8.74. The summed E-state index contributed by atoms with van der Waals surface area (Å²) in [5, 5.41) is 3.85. The molecule has 4 rings (SSSR count). The molecule has 6 nitrogen and oxygen atoms in total. The Labute approximate surface area is 159 Å². The van der Waals surface area contributed by atoms with E-state index in [1.807, 2.05) is 0 Å². The van der Waals surface area contributed by atoms with Crippen LogP contribution in [-0.4, -0.2) is 34.2 Å². The van der Waals surface area contributed by atoms with E-state index >= 15 is 0 Å². The molecule has 1 N–H and O–H groups in total. The van der Waals surface area contributed by atoms with Crippen molar-refractivity contribution in [3.8, 4) is 0 Å². The summed E-state index contributed by atoms with van der Waals surface area (Å²) in [4.78, 5) is 42.7. The molecule has 3 amide bonds. The number of hydrogen-bond donors (Lipinski definition) is 1. The maximum atomic E-state index is 12.4. The SMILES string of the molecule is O=C(CCN1C(=O)[C@@H]2CCCC[C@H]2C1=O)Nc1nc2ccc(Cl)cc2s1. The van der Waals surface area contributed by atoms with Gasteiger partial charge in [-0.1, -0.05) is 35.8 Å². The molecule has 2 atom stereocenters. The number of nitrogens with one attached hydrogen (secondary N) is 1. The highest BCUT2D eigenvalue weighted by atomic mass is 35.5. The van der Waals surface area contributed by atoms with Crippen molar-refractivity contribution in [2.45, 2.75) is 32.1 Å². The van der Waals surface area contributed by atoms with Crippen LogP contribution in [0.3, 0.4) is 0 Å². The average molecular weight is 392 g/mol. The molecule has 136 valence electrons. The molecule has 2 heterocycles. The molecule has 2 aromatic rings. The van der Waals surface area contributed by atoms with E-state index in [1.54, 1.807) is 18.2 Å². The maximum absolute atomic E-state index is 12.4. The van der Waals surface area contributed by atoms with Crippen molar-refractivity contribution in [3.63, 3.8) is 0 Å². The number of carbonyl (C=O) groups excluding carboxylic acids is 3. The Morgan fingerprint density at radius 3 is 2.62 bits per heavy atom. The molecule has 26 heavy (non-hydrogen) atoms. The molecular formula is C18H18ClN3O3S. The lowest BCUT2D eigenvalue weighted by molar-refractivity contribution is -0.140. The summed E-state index contributed by atoms with van der Waals surface area (Å²) >= 11 is 7.30. The first kappa shape index (κ1) is 17.4. The minimum Gasteiger partial charge on any atom is -0.302 e. The lowest BCUT2D eigenvalue weighted by Crippen LogP contribution is -2.34. The van der Waals surface area contributed by atoms with Gasteiger partial charge < -0.3 is 5.32 Å². The third-order valence-electron chi connectivity index (χ3n) is 5.09. The fourth-order valence-electron chi connectivity index (χ4n) is 3.80. The van der Waals surface area contributed by atoms with E-state index < -0.39 is 0 Å². The van der Waals surface area contributed by atoms with Crippen molar-refractivity contribution in [2.75, 3.05) is 11.9 Å². The quantitative estimate of drug-likeness (QED) is 0.809. The zero-order valence-corrected chi connectivity index (χ0v) is 15.6. The second-order valence-corrected chi connectivity index (χ2v) is 8.22. The van der Waals surface area contributed by atoms with Crippen molar-refractivity contribution in [2.24, 2.45) is 11.8 Å². The Balaban J connectivity index is 1.37. The van der Waals surface area contributed by atoms with Crippen LogP contribution in [0.15, 0.2) is 18.2 Å². The van der Waals surface area contributed by atoms with Crippen molar-refractivity contribution < 1.29 is 14.4 Å². The summed E-state index contributed by atoms with van der Waals surface area (Å²) in [5.41, 5.74) is 0.767. The zero-order valence-electron chi connectivity index (χ0n) is 14.0. The number of rotatable bonds is 4. The van der Waals surface area contributed by atoms with Gasteiger partial charge in [-0.3, -0.25) is 19.3 Å². The zero-order chi connectivity index (χ0) is 18.3. The number of imide groups is 1. The number of halogens is 1. The molecule has 0 spiro atoms. The smallest absolute Gasteiger partial charge is 0.233 e. The first-order chi connectivity index (χ1) is 12.5. The number of aromatic nitrogens is 1. The molecule has 1 aromatic heterocycles. The van der Waals surface area contributed by atoms with Gasteiger partial charge in [-0.2, -0.15) is 0 Å². The van der Waals surface area contributed by atoms with Crippen molar-refractivity contribution >= 4 is 56.0 Å². The van der Waals surface area contributed by atoms with Crippen molar-refractivity contribution in [3.05, 3.63) is 23.2 Å². The number of hydrogen-bond acceptors (Lipinski definition) is 5. The Kier molecular flexibility index (Phi) is 4.67. The number of thiazole rings is 1. The van der Waals surface area contributed by atoms with Gasteiger partial charge in [0.2, 0.25) is 17.7 Å². The van der Waals surface area contributed by atoms with Crippen molar-refractivity contribution in [1.29, 1.82) is 0 Å². The predicted molar refractivity (Wildman–Crippen MR) is 100 cm³/mol. The molecule has 1 aromatic carbocycles. The lowest BCUT2D eigenvalue weighted by atomic mass is 9.81. The van der Waals surface area contributed by atoms with Gasteiger partial charge in [0, 0.05) is 18.0 Å². The van der Waals surface area contributed by atoms with Gasteiger partial charge in [0.05, 0.1) is 22.1 Å². The standard InChI is InChI=1S/C18H18ClN3O3S/c19-10-5-6-13-14(9-10)26-18(20-13)21-15(23)7-8-22-16(24)11-3-1-2-4-12(11)17(22)25/h5-6,9,11-12H,1-4,7-8H2,(H,20,21,23)/t11-,12-/m1/s1. The molecule has 1 aliphatic carbocycles. The minimum absolute atomic E-state index is 0.0770. The summed E-state index contributed by atoms with van der Waals surface area (Å²) in [5.74, 6) is -0.823. The van der Waals surface area contributed by atoms with Gasteiger partial charge in [-0.25, -0.2) is 4.98 Å². The topological polar surface area (TPSA) is 79.4 Å². The molecule has 2 fully saturated rings. The highest BCUT2D eigenvalue weighted by Crippen LogP contribution is 2.38. The number of anilines is 1. The van der Waals surface area contributed by atoms with E-state index in [9.17, 15) is 14.4 Å². The van der Waals surface area contributed by atoms with E-state index in [-0.39, 0.29) is 42.5 Å². The largest absolute Gasteiger partial charge is 0.302 e. The summed E-state index contributed by atoms with van der Waals surface area (Å²) in [6.45, 7) is 0.132. The molecule has 0 bridgehead atoms. The normalized spacial score (nSPS) is 22.7. The molecule has 0 radical (unpaired) electrons. The van der Waals surface area contributed by atoms with Gasteiger partial charge >= 0.3 is 0 Å². The molecule has 2 aliphatic rings. The fraction of sp³-hybridized carbons (Fsp3) is 0.444. The summed E-state index contributed by atoms with van der Waals surface area (Å²) in [6, 6.07) is 5.35. The van der Waals surface area contributed by atoms with Gasteiger partial charge in [-0.15, -0.1) is 0 Å². The highest BCUT2D eigenvalue weighted by Gasteiger charge is 2.47. The average Bonchev–Trinajstić information content (AvgIpc) is 3.12. The molecule has 0 unspecified atom stereocenters. The number of likely N-dealkylation sites (tertiary alicyclic amines) is 1. The van der Waals surface area contributed by atoms with Crippen LogP contribution < -0.4 is 5.32 Å². The Morgan fingerprint density at radius 1 is 1.23 bits per heavy atom. The molecule has 1 saturated carbocycles. The van der Waals surface area contributed by atoms with Gasteiger partial charge in [0.25, 0.3) is 0 Å². The number of carbonyl (C=O) groups is 3. The van der Waals surface area contributed by atoms with Crippen molar-refractivity contribution in [1.82, 2.24) is 9.88 Å². The Morgan fingerprint density at radius 2 is 1.92 bits per heavy atom. The van der Waals surface area contributed by atoms with E-state index in [4.69, 9.17) is 11.6 Å². The Hall–Kier alpha value is -1.99. The van der Waals surface area contributed by atoms with Crippen LogP contribution in [0, 0.1) is 11.8 Å². The molecular weight excluding hydrogens is 374 g/mol. The fourth-order valence-corrected chi connectivity index (χ4v) is 4.96. The van der Waals surface area contributed by atoms with E-state index in [2.05, 4.69) is 10.3 Å². The first-order valence-corrected chi connectivity index (χ1v) is 9.93. The van der Waals surface area contributed by atoms with Crippen LogP contribution in [0.1, 0.15) is 32.1 Å². The van der Waals surface area contributed by atoms with E-state index in [0.717, 1.165) is 35.9 Å². The van der Waals surface area contributed by atoms with Crippen LogP contribution in [-0.2, 0) is 14.4 Å². The summed E-state index contributed by atoms with van der Waals surface area (Å²) in [6.07, 6.45) is 3.64. The molecule has 1 aliphatic heterocycles. The number of fused-ring (bicyclic) bond motifs is 2. The third-order valence-corrected chi connectivity index (χ3v) is 6.26. The van der Waals surface area contributed by atoms with Crippen LogP contribution >= 0.6 is 22.9 Å². The second kappa shape index (κ2) is 6.96. The number of nitrogens with zero attached hydrogens (tertiary/aromatic N) is 2. The molecule has 8 heteroatoms. The van der Waals surface area contributed by atoms with Gasteiger partial charge in [0.1, 0.15) is 0 Å². The van der Waals surface area contributed by atoms with E-state index in [1.165, 1.54) is 16.2 Å². The van der Waals surface area contributed by atoms with Gasteiger partial charge in [0.15, 0.2) is 5.13 Å². The third kappa shape index (κ3) is 3.21. The second-order valence-electron chi connectivity index (χ2n) is 6.75. The lowest BCUT2D eigenvalue weighted by Gasteiger charge is -2.19. The number of benzene rings is 1. The van der Waals surface area contributed by atoms with Gasteiger partial charge in [-0.05, 0) is 31.0 Å². The number of amides is 3. The minimum atomic E-state index is -0.259. The summed E-state index contributed by atoms with van der Waals surface area (Å²) < 4.78 is 0.891. The van der Waals surface area contributed by atoms with Crippen LogP contribution in [0.5, 0.6) is 0 Å². The maximum Gasteiger partial charge on any atom is 0.233 e. The predicted octanol–water partition coefficient (Wildman–Crippen LogP) is 3.45. The van der Waals surface area contributed by atoms with Crippen LogP contribution in [0.25, 0.3) is 10.2 Å². The van der Waals surface area contributed by atoms with Crippen LogP contribution in [0.2, 0.25) is 5.02 Å². The Bertz CT molecular complexity index is 873. The highest BCUT2D eigenvalue weighted by molar-refractivity contribution is 7.22. The van der Waals surface area contributed by atoms with E-state index in [0.29, 0.717) is 10.2 Å². The molecule has 1 saturated heterocycles. The monoisotopic (exact) mass is 391 g/mol. The summed E-state index contributed by atoms with van der Waals surface area (Å²) in [7, 11) is 0. The van der Waals surface area contributed by atoms with Crippen LogP contribution in [0.4, 0.5) is 5.13 Å².